The maximum Gasteiger partial charge on any atom is 0.0751 e. The summed E-state index contributed by atoms with van der Waals surface area (Å²) in [6.45, 7) is 6.65. The molecule has 1 unspecified atom stereocenters. The summed E-state index contributed by atoms with van der Waals surface area (Å²) in [4.78, 5) is 0. The Labute approximate surface area is 68.3 Å². The van der Waals surface area contributed by atoms with Crippen molar-refractivity contribution in [1.82, 2.24) is 5.32 Å². The van der Waals surface area contributed by atoms with E-state index >= 15 is 0 Å². The lowest BCUT2D eigenvalue weighted by Crippen LogP contribution is -2.51. The molecule has 0 saturated carbocycles. The Morgan fingerprint density at radius 1 is 1.64 bits per heavy atom. The van der Waals surface area contributed by atoms with Crippen LogP contribution in [0.15, 0.2) is 0 Å². The Hall–Kier alpha value is -0.120. The van der Waals surface area contributed by atoms with Crippen LogP contribution in [0, 0.1) is 0 Å². The maximum absolute atomic E-state index is 5.61. The number of ether oxygens (including phenoxy) is 1. The zero-order valence-electron chi connectivity index (χ0n) is 7.39. The van der Waals surface area contributed by atoms with E-state index in [-0.39, 0.29) is 5.60 Å². The molecule has 0 spiro atoms. The minimum Gasteiger partial charge on any atom is -0.373 e. The SMILES string of the molecule is CC1(C)CNC(CCN)CO1. The summed E-state index contributed by atoms with van der Waals surface area (Å²) < 4.78 is 5.61. The van der Waals surface area contributed by atoms with Gasteiger partial charge in [0.2, 0.25) is 0 Å². The maximum atomic E-state index is 5.61. The largest absolute Gasteiger partial charge is 0.373 e. The van der Waals surface area contributed by atoms with E-state index in [1.807, 2.05) is 0 Å². The quantitative estimate of drug-likeness (QED) is 0.599. The summed E-state index contributed by atoms with van der Waals surface area (Å²) in [6.07, 6.45) is 1.01. The highest BCUT2D eigenvalue weighted by atomic mass is 16.5. The van der Waals surface area contributed by atoms with E-state index in [0.717, 1.165) is 26.1 Å². The Bertz CT molecular complexity index is 115. The van der Waals surface area contributed by atoms with Gasteiger partial charge in [-0.1, -0.05) is 0 Å². The molecule has 0 aromatic carbocycles. The van der Waals surface area contributed by atoms with Crippen molar-refractivity contribution in [3.05, 3.63) is 0 Å². The normalized spacial score (nSPS) is 30.3. The van der Waals surface area contributed by atoms with Crippen molar-refractivity contribution in [1.29, 1.82) is 0 Å². The molecule has 1 aliphatic rings. The molecular weight excluding hydrogens is 140 g/mol. The first kappa shape index (κ1) is 8.97. The van der Waals surface area contributed by atoms with Gasteiger partial charge in [-0.3, -0.25) is 0 Å². The third-order valence-electron chi connectivity index (χ3n) is 2.01. The zero-order chi connectivity index (χ0) is 8.32. The first-order chi connectivity index (χ1) is 5.14. The highest BCUT2D eigenvalue weighted by Crippen LogP contribution is 2.13. The smallest absolute Gasteiger partial charge is 0.0751 e. The van der Waals surface area contributed by atoms with Crippen molar-refractivity contribution in [3.63, 3.8) is 0 Å². The number of nitrogens with one attached hydrogen (secondary N) is 1. The third-order valence-corrected chi connectivity index (χ3v) is 2.01. The van der Waals surface area contributed by atoms with E-state index in [1.54, 1.807) is 0 Å². The van der Waals surface area contributed by atoms with Crippen molar-refractivity contribution in [2.45, 2.75) is 31.9 Å². The van der Waals surface area contributed by atoms with Crippen LogP contribution >= 0.6 is 0 Å². The standard InChI is InChI=1S/C8H18N2O/c1-8(2)6-10-7(3-4-9)5-11-8/h7,10H,3-6,9H2,1-2H3. The molecular formula is C8H18N2O. The number of nitrogens with two attached hydrogens (primary N) is 1. The van der Waals surface area contributed by atoms with Crippen LogP contribution in [0.3, 0.4) is 0 Å². The summed E-state index contributed by atoms with van der Waals surface area (Å²) in [7, 11) is 0. The van der Waals surface area contributed by atoms with E-state index in [1.165, 1.54) is 0 Å². The lowest BCUT2D eigenvalue weighted by molar-refractivity contribution is -0.0587. The molecule has 0 aliphatic carbocycles. The van der Waals surface area contributed by atoms with Gasteiger partial charge in [-0.15, -0.1) is 0 Å². The average Bonchev–Trinajstić information content (AvgIpc) is 1.94. The number of morpholine rings is 1. The van der Waals surface area contributed by atoms with Gasteiger partial charge in [-0.05, 0) is 26.8 Å². The molecule has 1 aliphatic heterocycles. The van der Waals surface area contributed by atoms with Gasteiger partial charge in [-0.2, -0.15) is 0 Å². The predicted molar refractivity (Wildman–Crippen MR) is 45.5 cm³/mol. The molecule has 1 fully saturated rings. The van der Waals surface area contributed by atoms with Crippen LogP contribution in [-0.2, 0) is 4.74 Å². The highest BCUT2D eigenvalue weighted by Gasteiger charge is 2.26. The Kier molecular flexibility index (Phi) is 2.87. The van der Waals surface area contributed by atoms with Gasteiger partial charge in [-0.25, -0.2) is 0 Å². The molecule has 0 bridgehead atoms. The minimum atomic E-state index is 0.00506. The highest BCUT2D eigenvalue weighted by molar-refractivity contribution is 4.81. The topological polar surface area (TPSA) is 47.3 Å². The lowest BCUT2D eigenvalue weighted by atomic mass is 10.1. The average molecular weight is 158 g/mol. The molecule has 1 saturated heterocycles. The second-order valence-electron chi connectivity index (χ2n) is 3.73. The van der Waals surface area contributed by atoms with Crippen molar-refractivity contribution >= 4 is 0 Å². The molecule has 0 amide bonds. The fraction of sp³-hybridized carbons (Fsp3) is 1.00. The predicted octanol–water partition coefficient (Wildman–Crippen LogP) is 0.102. The van der Waals surface area contributed by atoms with Crippen LogP contribution in [0.1, 0.15) is 20.3 Å². The van der Waals surface area contributed by atoms with Crippen LogP contribution < -0.4 is 11.1 Å². The van der Waals surface area contributed by atoms with E-state index < -0.39 is 0 Å². The first-order valence-corrected chi connectivity index (χ1v) is 4.21. The third kappa shape index (κ3) is 2.77. The summed E-state index contributed by atoms with van der Waals surface area (Å²) in [5.41, 5.74) is 5.44. The van der Waals surface area contributed by atoms with Crippen molar-refractivity contribution in [2.75, 3.05) is 19.7 Å². The monoisotopic (exact) mass is 158 g/mol. The molecule has 1 rings (SSSR count). The van der Waals surface area contributed by atoms with E-state index in [2.05, 4.69) is 19.2 Å². The molecule has 1 heterocycles. The summed E-state index contributed by atoms with van der Waals surface area (Å²) in [6, 6.07) is 0.466. The van der Waals surface area contributed by atoms with Gasteiger partial charge in [0, 0.05) is 12.6 Å². The molecule has 3 nitrogen and oxygen atoms in total. The first-order valence-electron chi connectivity index (χ1n) is 4.21. The Balaban J connectivity index is 2.25. The Morgan fingerprint density at radius 2 is 2.36 bits per heavy atom. The number of hydrogen-bond donors (Lipinski definition) is 2. The van der Waals surface area contributed by atoms with Crippen LogP contribution in [0.25, 0.3) is 0 Å². The minimum absolute atomic E-state index is 0.00506. The van der Waals surface area contributed by atoms with Crippen LogP contribution in [0.5, 0.6) is 0 Å². The number of rotatable bonds is 2. The van der Waals surface area contributed by atoms with Gasteiger partial charge < -0.3 is 15.8 Å². The van der Waals surface area contributed by atoms with E-state index in [9.17, 15) is 0 Å². The molecule has 0 radical (unpaired) electrons. The van der Waals surface area contributed by atoms with Gasteiger partial charge in [0.05, 0.1) is 12.2 Å². The molecule has 66 valence electrons. The summed E-state index contributed by atoms with van der Waals surface area (Å²) >= 11 is 0. The number of hydrogen-bond acceptors (Lipinski definition) is 3. The molecule has 3 heteroatoms. The van der Waals surface area contributed by atoms with Gasteiger partial charge >= 0.3 is 0 Å². The molecule has 3 N–H and O–H groups in total. The van der Waals surface area contributed by atoms with Crippen molar-refractivity contribution < 1.29 is 4.74 Å². The van der Waals surface area contributed by atoms with Gasteiger partial charge in [0.15, 0.2) is 0 Å². The van der Waals surface area contributed by atoms with Gasteiger partial charge in [0.25, 0.3) is 0 Å². The molecule has 0 aromatic rings. The lowest BCUT2D eigenvalue weighted by Gasteiger charge is -2.35. The van der Waals surface area contributed by atoms with E-state index in [4.69, 9.17) is 10.5 Å². The zero-order valence-corrected chi connectivity index (χ0v) is 7.39. The molecule has 11 heavy (non-hydrogen) atoms. The van der Waals surface area contributed by atoms with E-state index in [0.29, 0.717) is 6.04 Å². The molecule has 1 atom stereocenters. The second-order valence-corrected chi connectivity index (χ2v) is 3.73. The fourth-order valence-electron chi connectivity index (χ4n) is 1.21. The Morgan fingerprint density at radius 3 is 2.82 bits per heavy atom. The second kappa shape index (κ2) is 3.52. The summed E-state index contributed by atoms with van der Waals surface area (Å²) in [5.74, 6) is 0. The van der Waals surface area contributed by atoms with Crippen LogP contribution in [-0.4, -0.2) is 31.3 Å². The van der Waals surface area contributed by atoms with Crippen molar-refractivity contribution in [3.8, 4) is 0 Å². The van der Waals surface area contributed by atoms with Crippen molar-refractivity contribution in [2.24, 2.45) is 5.73 Å². The van der Waals surface area contributed by atoms with Crippen LogP contribution in [0.2, 0.25) is 0 Å². The van der Waals surface area contributed by atoms with Crippen LogP contribution in [0.4, 0.5) is 0 Å². The fourth-order valence-corrected chi connectivity index (χ4v) is 1.21. The summed E-state index contributed by atoms with van der Waals surface area (Å²) in [5, 5.41) is 3.41. The van der Waals surface area contributed by atoms with Gasteiger partial charge in [0.1, 0.15) is 0 Å². The molecule has 0 aromatic heterocycles.